The van der Waals surface area contributed by atoms with E-state index in [1.165, 1.54) is 6.20 Å². The van der Waals surface area contributed by atoms with Gasteiger partial charge in [-0.2, -0.15) is 0 Å². The first-order chi connectivity index (χ1) is 11.3. The van der Waals surface area contributed by atoms with Gasteiger partial charge < -0.3 is 10.1 Å². The fourth-order valence-corrected chi connectivity index (χ4v) is 2.79. The fraction of sp³-hybridized carbons (Fsp3) is 0.167. The van der Waals surface area contributed by atoms with E-state index in [4.69, 9.17) is 4.74 Å². The van der Waals surface area contributed by atoms with Crippen molar-refractivity contribution in [1.29, 1.82) is 0 Å². The number of nitrogens with one attached hydrogen (secondary N) is 1. The van der Waals surface area contributed by atoms with Crippen LogP contribution in [0.3, 0.4) is 0 Å². The first kappa shape index (κ1) is 13.7. The molecule has 1 aliphatic heterocycles. The zero-order chi connectivity index (χ0) is 15.6. The number of aromatic nitrogens is 2. The Morgan fingerprint density at radius 2 is 1.87 bits per heavy atom. The highest BCUT2D eigenvalue weighted by molar-refractivity contribution is 5.94. The number of hydrogen-bond donors (Lipinski definition) is 1. The van der Waals surface area contributed by atoms with Gasteiger partial charge in [-0.3, -0.25) is 9.78 Å². The van der Waals surface area contributed by atoms with Crippen LogP contribution in [0.4, 0.5) is 0 Å². The van der Waals surface area contributed by atoms with Crippen molar-refractivity contribution in [2.45, 2.75) is 12.5 Å². The molecule has 0 radical (unpaired) electrons. The van der Waals surface area contributed by atoms with Gasteiger partial charge in [-0.25, -0.2) is 4.98 Å². The highest BCUT2D eigenvalue weighted by atomic mass is 16.5. The van der Waals surface area contributed by atoms with Crippen LogP contribution in [0.25, 0.3) is 11.0 Å². The third kappa shape index (κ3) is 2.61. The molecular weight excluding hydrogens is 290 g/mol. The number of amides is 1. The molecule has 1 atom stereocenters. The van der Waals surface area contributed by atoms with Crippen LogP contribution in [0.1, 0.15) is 28.5 Å². The molecule has 3 aromatic rings. The van der Waals surface area contributed by atoms with Gasteiger partial charge in [-0.1, -0.05) is 30.3 Å². The molecule has 1 amide bonds. The van der Waals surface area contributed by atoms with E-state index in [1.54, 1.807) is 0 Å². The van der Waals surface area contributed by atoms with Gasteiger partial charge in [0, 0.05) is 12.0 Å². The lowest BCUT2D eigenvalue weighted by Gasteiger charge is -2.26. The molecule has 1 unspecified atom stereocenters. The van der Waals surface area contributed by atoms with E-state index in [9.17, 15) is 4.79 Å². The summed E-state index contributed by atoms with van der Waals surface area (Å²) in [5.41, 5.74) is 2.82. The number of hydrogen-bond acceptors (Lipinski definition) is 4. The standard InChI is InChI=1S/C18H15N3O2/c22-18(16-11-19-14-6-2-3-7-15(14)20-16)21-13-9-10-23-17-8-4-1-5-12(13)17/h1-8,11,13H,9-10H2,(H,21,22). The van der Waals surface area contributed by atoms with E-state index in [2.05, 4.69) is 15.3 Å². The lowest BCUT2D eigenvalue weighted by Crippen LogP contribution is -2.32. The number of nitrogens with zero attached hydrogens (tertiary/aromatic N) is 2. The Labute approximate surface area is 133 Å². The summed E-state index contributed by atoms with van der Waals surface area (Å²) in [4.78, 5) is 21.2. The summed E-state index contributed by atoms with van der Waals surface area (Å²) in [5, 5.41) is 3.03. The number of fused-ring (bicyclic) bond motifs is 2. The SMILES string of the molecule is O=C(NC1CCOc2ccccc21)c1cnc2ccccc2n1. The Bertz CT molecular complexity index is 879. The minimum Gasteiger partial charge on any atom is -0.493 e. The molecule has 0 fully saturated rings. The van der Waals surface area contributed by atoms with E-state index in [0.29, 0.717) is 17.8 Å². The van der Waals surface area contributed by atoms with E-state index in [-0.39, 0.29) is 11.9 Å². The van der Waals surface area contributed by atoms with Gasteiger partial charge in [0.15, 0.2) is 0 Å². The van der Waals surface area contributed by atoms with Crippen molar-refractivity contribution < 1.29 is 9.53 Å². The second-order valence-electron chi connectivity index (χ2n) is 5.44. The molecule has 1 aliphatic rings. The largest absolute Gasteiger partial charge is 0.493 e. The topological polar surface area (TPSA) is 64.1 Å². The first-order valence-corrected chi connectivity index (χ1v) is 7.55. The third-order valence-electron chi connectivity index (χ3n) is 3.95. The van der Waals surface area contributed by atoms with Crippen molar-refractivity contribution >= 4 is 16.9 Å². The average molecular weight is 305 g/mol. The van der Waals surface area contributed by atoms with Crippen LogP contribution in [-0.2, 0) is 0 Å². The number of para-hydroxylation sites is 3. The van der Waals surface area contributed by atoms with Crippen LogP contribution in [0, 0.1) is 0 Å². The molecule has 5 nitrogen and oxygen atoms in total. The minimum absolute atomic E-state index is 0.0688. The van der Waals surface area contributed by atoms with Crippen LogP contribution in [-0.4, -0.2) is 22.5 Å². The smallest absolute Gasteiger partial charge is 0.271 e. The average Bonchev–Trinajstić information content (AvgIpc) is 2.61. The van der Waals surface area contributed by atoms with Crippen molar-refractivity contribution in [2.75, 3.05) is 6.61 Å². The van der Waals surface area contributed by atoms with Crippen molar-refractivity contribution in [3.05, 3.63) is 66.0 Å². The predicted molar refractivity (Wildman–Crippen MR) is 86.3 cm³/mol. The Morgan fingerprint density at radius 1 is 1.09 bits per heavy atom. The maximum Gasteiger partial charge on any atom is 0.271 e. The molecule has 1 aromatic heterocycles. The molecule has 0 aliphatic carbocycles. The molecule has 2 heterocycles. The van der Waals surface area contributed by atoms with Crippen LogP contribution >= 0.6 is 0 Å². The summed E-state index contributed by atoms with van der Waals surface area (Å²) in [5.74, 6) is 0.610. The zero-order valence-corrected chi connectivity index (χ0v) is 12.4. The molecule has 0 saturated carbocycles. The monoisotopic (exact) mass is 305 g/mol. The predicted octanol–water partition coefficient (Wildman–Crippen LogP) is 2.88. The van der Waals surface area contributed by atoms with Crippen LogP contribution < -0.4 is 10.1 Å². The summed E-state index contributed by atoms with van der Waals surface area (Å²) in [6.45, 7) is 0.589. The van der Waals surface area contributed by atoms with Gasteiger partial charge in [-0.05, 0) is 18.2 Å². The van der Waals surface area contributed by atoms with Crippen molar-refractivity contribution in [1.82, 2.24) is 15.3 Å². The molecule has 5 heteroatoms. The van der Waals surface area contributed by atoms with Crippen LogP contribution in [0.2, 0.25) is 0 Å². The fourth-order valence-electron chi connectivity index (χ4n) is 2.79. The van der Waals surface area contributed by atoms with Gasteiger partial charge >= 0.3 is 0 Å². The van der Waals surface area contributed by atoms with Crippen LogP contribution in [0.15, 0.2) is 54.7 Å². The van der Waals surface area contributed by atoms with Gasteiger partial charge in [0.2, 0.25) is 0 Å². The number of rotatable bonds is 2. The Hall–Kier alpha value is -2.95. The van der Waals surface area contributed by atoms with Gasteiger partial charge in [0.25, 0.3) is 5.91 Å². The van der Waals surface area contributed by atoms with E-state index in [0.717, 1.165) is 23.3 Å². The second-order valence-corrected chi connectivity index (χ2v) is 5.44. The zero-order valence-electron chi connectivity index (χ0n) is 12.4. The van der Waals surface area contributed by atoms with E-state index >= 15 is 0 Å². The number of carbonyl (C=O) groups is 1. The maximum absolute atomic E-state index is 12.5. The number of carbonyl (C=O) groups excluding carboxylic acids is 1. The quantitative estimate of drug-likeness (QED) is 0.790. The normalized spacial score (nSPS) is 16.4. The van der Waals surface area contributed by atoms with Crippen LogP contribution in [0.5, 0.6) is 5.75 Å². The summed E-state index contributed by atoms with van der Waals surface area (Å²) in [7, 11) is 0. The highest BCUT2D eigenvalue weighted by Crippen LogP contribution is 2.31. The van der Waals surface area contributed by atoms with Gasteiger partial charge in [0.05, 0.1) is 29.9 Å². The lowest BCUT2D eigenvalue weighted by atomic mass is 10.0. The van der Waals surface area contributed by atoms with Crippen molar-refractivity contribution in [3.8, 4) is 5.75 Å². The Morgan fingerprint density at radius 3 is 2.78 bits per heavy atom. The second kappa shape index (κ2) is 5.68. The van der Waals surface area contributed by atoms with E-state index in [1.807, 2.05) is 48.5 Å². The van der Waals surface area contributed by atoms with Gasteiger partial charge in [-0.15, -0.1) is 0 Å². The number of ether oxygens (including phenoxy) is 1. The highest BCUT2D eigenvalue weighted by Gasteiger charge is 2.23. The molecule has 1 N–H and O–H groups in total. The molecule has 0 spiro atoms. The van der Waals surface area contributed by atoms with E-state index < -0.39 is 0 Å². The first-order valence-electron chi connectivity index (χ1n) is 7.55. The lowest BCUT2D eigenvalue weighted by molar-refractivity contribution is 0.0919. The molecule has 0 saturated heterocycles. The molecule has 0 bridgehead atoms. The minimum atomic E-state index is -0.218. The summed E-state index contributed by atoms with van der Waals surface area (Å²) >= 11 is 0. The summed E-state index contributed by atoms with van der Waals surface area (Å²) < 4.78 is 5.62. The molecular formula is C18H15N3O2. The Kier molecular flexibility index (Phi) is 3.38. The number of benzene rings is 2. The third-order valence-corrected chi connectivity index (χ3v) is 3.95. The Balaban J connectivity index is 1.60. The van der Waals surface area contributed by atoms with Gasteiger partial charge in [0.1, 0.15) is 11.4 Å². The maximum atomic E-state index is 12.5. The molecule has 4 rings (SSSR count). The summed E-state index contributed by atoms with van der Waals surface area (Å²) in [6, 6.07) is 15.2. The molecule has 2 aromatic carbocycles. The van der Waals surface area contributed by atoms with Crippen molar-refractivity contribution in [3.63, 3.8) is 0 Å². The summed E-state index contributed by atoms with van der Waals surface area (Å²) in [6.07, 6.45) is 2.26. The van der Waals surface area contributed by atoms with Crippen molar-refractivity contribution in [2.24, 2.45) is 0 Å². The molecule has 114 valence electrons. The molecule has 23 heavy (non-hydrogen) atoms.